The van der Waals surface area contributed by atoms with Gasteiger partial charge in [-0.25, -0.2) is 9.13 Å². The van der Waals surface area contributed by atoms with Crippen LogP contribution in [0.3, 0.4) is 0 Å². The summed E-state index contributed by atoms with van der Waals surface area (Å²) >= 11 is 0. The minimum Gasteiger partial charge on any atom is -0.462 e. The molecular weight excluding hydrogens is 1320 g/mol. The van der Waals surface area contributed by atoms with Gasteiger partial charge in [0, 0.05) is 25.7 Å². The smallest absolute Gasteiger partial charge is 0.462 e. The largest absolute Gasteiger partial charge is 0.472 e. The van der Waals surface area contributed by atoms with Gasteiger partial charge in [-0.3, -0.25) is 37.3 Å². The predicted molar refractivity (Wildman–Crippen MR) is 414 cm³/mol. The Balaban J connectivity index is 5.20. The van der Waals surface area contributed by atoms with Crippen molar-refractivity contribution in [1.29, 1.82) is 0 Å². The highest BCUT2D eigenvalue weighted by molar-refractivity contribution is 7.47. The lowest BCUT2D eigenvalue weighted by Gasteiger charge is -2.21. The van der Waals surface area contributed by atoms with Crippen LogP contribution in [0.4, 0.5) is 0 Å². The molecule has 5 unspecified atom stereocenters. The summed E-state index contributed by atoms with van der Waals surface area (Å²) in [7, 11) is -9.92. The Morgan fingerprint density at radius 1 is 0.277 bits per heavy atom. The first-order valence-corrected chi connectivity index (χ1v) is 45.3. The Labute approximate surface area is 619 Å². The fourth-order valence-corrected chi connectivity index (χ4v) is 14.1. The van der Waals surface area contributed by atoms with Crippen LogP contribution in [0.25, 0.3) is 0 Å². The van der Waals surface area contributed by atoms with Crippen LogP contribution in [0.5, 0.6) is 0 Å². The first-order valence-electron chi connectivity index (χ1n) is 42.3. The molecule has 0 bridgehead atoms. The number of unbranched alkanes of at least 4 members (excludes halogenated alkanes) is 42. The van der Waals surface area contributed by atoms with Crippen molar-refractivity contribution in [3.63, 3.8) is 0 Å². The van der Waals surface area contributed by atoms with Crippen LogP contribution < -0.4 is 0 Å². The second-order valence-corrected chi connectivity index (χ2v) is 33.6. The monoisotopic (exact) mass is 1480 g/mol. The van der Waals surface area contributed by atoms with Crippen LogP contribution in [0.2, 0.25) is 0 Å². The van der Waals surface area contributed by atoms with Gasteiger partial charge in [0.2, 0.25) is 0 Å². The second kappa shape index (κ2) is 71.0. The molecule has 0 spiro atoms. The number of esters is 4. The first kappa shape index (κ1) is 99.1. The number of rotatable bonds is 79. The van der Waals surface area contributed by atoms with Crippen LogP contribution in [0, 0.1) is 23.7 Å². The van der Waals surface area contributed by atoms with Gasteiger partial charge >= 0.3 is 39.5 Å². The van der Waals surface area contributed by atoms with Crippen molar-refractivity contribution in [1.82, 2.24) is 0 Å². The molecule has 0 aromatic carbocycles. The van der Waals surface area contributed by atoms with E-state index in [-0.39, 0.29) is 25.7 Å². The lowest BCUT2D eigenvalue weighted by Crippen LogP contribution is -2.30. The fourth-order valence-electron chi connectivity index (χ4n) is 12.5. The SMILES string of the molecule is CCC(C)CCCCCCCCCCCCCCCCC(=O)O[C@H](COC(=O)CCCCCCCCCCC(C)CC)COP(=O)(O)OC[C@@H](O)COP(=O)(O)OC[C@@H](COC(=O)CCCCCCCCC(C)CC)OC(=O)CCCCCCCCCCCCCCCCCCCCC(C)C. The summed E-state index contributed by atoms with van der Waals surface area (Å²) in [4.78, 5) is 73.0. The maximum absolute atomic E-state index is 13.1. The molecule has 0 aromatic heterocycles. The van der Waals surface area contributed by atoms with E-state index in [9.17, 15) is 43.2 Å². The molecule has 0 fully saturated rings. The number of aliphatic hydroxyl groups is 1. The molecule has 0 aromatic rings. The van der Waals surface area contributed by atoms with E-state index in [1.54, 1.807) is 0 Å². The van der Waals surface area contributed by atoms with E-state index in [0.717, 1.165) is 120 Å². The van der Waals surface area contributed by atoms with Gasteiger partial charge in [-0.2, -0.15) is 0 Å². The summed E-state index contributed by atoms with van der Waals surface area (Å²) in [6, 6.07) is 0. The molecule has 17 nitrogen and oxygen atoms in total. The quantitative estimate of drug-likeness (QED) is 0.0222. The van der Waals surface area contributed by atoms with Gasteiger partial charge in [-0.1, -0.05) is 370 Å². The normalized spacial score (nSPS) is 14.8. The number of phosphoric ester groups is 2. The highest BCUT2D eigenvalue weighted by atomic mass is 31.2. The summed E-state index contributed by atoms with van der Waals surface area (Å²) in [5.41, 5.74) is 0. The van der Waals surface area contributed by atoms with Crippen molar-refractivity contribution in [3.8, 4) is 0 Å². The molecule has 0 aliphatic rings. The summed E-state index contributed by atoms with van der Waals surface area (Å²) in [5, 5.41) is 10.6. The highest BCUT2D eigenvalue weighted by Gasteiger charge is 2.30. The molecule has 0 heterocycles. The molecule has 19 heteroatoms. The zero-order chi connectivity index (χ0) is 74.6. The number of ether oxygens (including phenoxy) is 4. The topological polar surface area (TPSA) is 237 Å². The average Bonchev–Trinajstić information content (AvgIpc) is 1.09. The molecule has 3 N–H and O–H groups in total. The van der Waals surface area contributed by atoms with E-state index in [0.29, 0.717) is 25.7 Å². The van der Waals surface area contributed by atoms with Gasteiger partial charge in [0.05, 0.1) is 26.4 Å². The van der Waals surface area contributed by atoms with Gasteiger partial charge < -0.3 is 33.8 Å². The molecule has 8 atom stereocenters. The molecule has 600 valence electrons. The van der Waals surface area contributed by atoms with Crippen molar-refractivity contribution >= 4 is 39.5 Å². The molecule has 0 saturated heterocycles. The van der Waals surface area contributed by atoms with Crippen molar-refractivity contribution in [3.05, 3.63) is 0 Å². The average molecular weight is 1480 g/mol. The molecular formula is C82H160O17P2. The molecule has 0 amide bonds. The predicted octanol–water partition coefficient (Wildman–Crippen LogP) is 24.4. The van der Waals surface area contributed by atoms with E-state index in [1.807, 2.05) is 0 Å². The molecule has 0 rings (SSSR count). The Bertz CT molecular complexity index is 1980. The van der Waals surface area contributed by atoms with Crippen LogP contribution >= 0.6 is 15.6 Å². The van der Waals surface area contributed by atoms with E-state index in [1.165, 1.54) is 218 Å². The van der Waals surface area contributed by atoms with Crippen molar-refractivity contribution in [2.45, 2.75) is 440 Å². The summed E-state index contributed by atoms with van der Waals surface area (Å²) in [6.07, 6.45) is 58.3. The number of carbonyl (C=O) groups is 4. The number of carbonyl (C=O) groups excluding carboxylic acids is 4. The van der Waals surface area contributed by atoms with E-state index < -0.39 is 97.5 Å². The van der Waals surface area contributed by atoms with Crippen LogP contribution in [-0.4, -0.2) is 96.7 Å². The highest BCUT2D eigenvalue weighted by Crippen LogP contribution is 2.45. The van der Waals surface area contributed by atoms with Crippen molar-refractivity contribution < 1.29 is 80.2 Å². The van der Waals surface area contributed by atoms with Crippen molar-refractivity contribution in [2.24, 2.45) is 23.7 Å². The summed E-state index contributed by atoms with van der Waals surface area (Å²) < 4.78 is 68.7. The Hall–Kier alpha value is -1.94. The molecule has 0 aliphatic heterocycles. The van der Waals surface area contributed by atoms with Crippen LogP contribution in [0.1, 0.15) is 421 Å². The van der Waals surface area contributed by atoms with Gasteiger partial charge in [-0.15, -0.1) is 0 Å². The summed E-state index contributed by atoms with van der Waals surface area (Å²) in [6.45, 7) is 14.3. The Morgan fingerprint density at radius 3 is 0.703 bits per heavy atom. The standard InChI is InChI=1S/C82H160O17P2/c1-9-73(6)59-51-43-35-29-25-21-18-19-23-27-31-39-49-57-64-81(86)98-77(68-92-79(84)62-54-46-37-33-32-36-44-52-60-74(7)10-2)70-96-100(88,89)94-66-76(83)67-95-101(90,91)97-71-78(69-93-80(85)63-55-47-41-40-45-53-61-75(8)11-3)99-82(87)65-56-48-38-30-26-22-17-15-13-12-14-16-20-24-28-34-42-50-58-72(4)5/h72-78,83H,9-71H2,1-8H3,(H,88,89)(H,90,91)/t73?,74?,75?,76-,77-,78-/m1/s1. The molecule has 0 radical (unpaired) electrons. The Kier molecular flexibility index (Phi) is 69.6. The fraction of sp³-hybridized carbons (Fsp3) is 0.951. The second-order valence-electron chi connectivity index (χ2n) is 30.7. The summed E-state index contributed by atoms with van der Waals surface area (Å²) in [5.74, 6) is 1.06. The van der Waals surface area contributed by atoms with Crippen LogP contribution in [-0.2, 0) is 65.4 Å². The minimum atomic E-state index is -4.96. The number of aliphatic hydroxyl groups excluding tert-OH is 1. The molecule has 0 aliphatic carbocycles. The Morgan fingerprint density at radius 2 is 0.475 bits per heavy atom. The van der Waals surface area contributed by atoms with Gasteiger partial charge in [0.15, 0.2) is 12.2 Å². The van der Waals surface area contributed by atoms with Crippen molar-refractivity contribution in [2.75, 3.05) is 39.6 Å². The molecule has 0 saturated carbocycles. The van der Waals surface area contributed by atoms with Gasteiger partial charge in [0.25, 0.3) is 0 Å². The number of phosphoric acid groups is 2. The molecule has 101 heavy (non-hydrogen) atoms. The number of hydrogen-bond donors (Lipinski definition) is 3. The zero-order valence-electron chi connectivity index (χ0n) is 66.5. The lowest BCUT2D eigenvalue weighted by atomic mass is 9.99. The third-order valence-corrected chi connectivity index (χ3v) is 22.1. The van der Waals surface area contributed by atoms with Gasteiger partial charge in [-0.05, 0) is 49.4 Å². The van der Waals surface area contributed by atoms with E-state index in [4.69, 9.17) is 37.0 Å². The third-order valence-electron chi connectivity index (χ3n) is 20.2. The van der Waals surface area contributed by atoms with E-state index >= 15 is 0 Å². The van der Waals surface area contributed by atoms with Crippen LogP contribution in [0.15, 0.2) is 0 Å². The lowest BCUT2D eigenvalue weighted by molar-refractivity contribution is -0.161. The number of hydrogen-bond acceptors (Lipinski definition) is 15. The van der Waals surface area contributed by atoms with Gasteiger partial charge in [0.1, 0.15) is 19.3 Å². The minimum absolute atomic E-state index is 0.107. The maximum Gasteiger partial charge on any atom is 0.472 e. The maximum atomic E-state index is 13.1. The van der Waals surface area contributed by atoms with E-state index in [2.05, 4.69) is 55.4 Å². The zero-order valence-corrected chi connectivity index (χ0v) is 68.3. The third kappa shape index (κ3) is 72.1. The first-order chi connectivity index (χ1) is 48.7.